The van der Waals surface area contributed by atoms with Crippen molar-refractivity contribution in [1.82, 2.24) is 10.2 Å². The van der Waals surface area contributed by atoms with E-state index in [0.29, 0.717) is 0 Å². The second kappa shape index (κ2) is 8.87. The fourth-order valence-electron chi connectivity index (χ4n) is 3.42. The SMILES string of the molecule is C=CC(/C=C1/OC2C=C(N(CC)CC)C=CC2NC1C)=N\c1ccccc1. The van der Waals surface area contributed by atoms with Crippen molar-refractivity contribution in [3.63, 3.8) is 0 Å². The number of nitrogens with one attached hydrogen (secondary N) is 1. The van der Waals surface area contributed by atoms with Crippen LogP contribution in [-0.2, 0) is 4.74 Å². The van der Waals surface area contributed by atoms with Gasteiger partial charge < -0.3 is 9.64 Å². The van der Waals surface area contributed by atoms with E-state index < -0.39 is 0 Å². The summed E-state index contributed by atoms with van der Waals surface area (Å²) in [6.45, 7) is 12.3. The van der Waals surface area contributed by atoms with Crippen LogP contribution in [0.1, 0.15) is 20.8 Å². The molecule has 1 fully saturated rings. The fourth-order valence-corrected chi connectivity index (χ4v) is 3.42. The number of para-hydroxylation sites is 1. The number of nitrogens with zero attached hydrogens (tertiary/aromatic N) is 2. The molecule has 0 bridgehead atoms. The molecule has 0 saturated carbocycles. The van der Waals surface area contributed by atoms with E-state index in [0.717, 1.165) is 30.2 Å². The molecule has 3 unspecified atom stereocenters. The van der Waals surface area contributed by atoms with E-state index in [4.69, 9.17) is 4.74 Å². The smallest absolute Gasteiger partial charge is 0.138 e. The number of morpholine rings is 1. The van der Waals surface area contributed by atoms with Crippen molar-refractivity contribution in [3.8, 4) is 0 Å². The van der Waals surface area contributed by atoms with Crippen LogP contribution in [0.3, 0.4) is 0 Å². The Morgan fingerprint density at radius 3 is 2.67 bits per heavy atom. The summed E-state index contributed by atoms with van der Waals surface area (Å²) in [6, 6.07) is 10.2. The fraction of sp³-hybridized carbons (Fsp3) is 0.348. The van der Waals surface area contributed by atoms with Crippen LogP contribution in [0.5, 0.6) is 0 Å². The predicted octanol–water partition coefficient (Wildman–Crippen LogP) is 4.37. The number of rotatable bonds is 6. The second-order valence-corrected chi connectivity index (χ2v) is 6.74. The molecule has 3 rings (SSSR count). The van der Waals surface area contributed by atoms with Crippen molar-refractivity contribution in [2.24, 2.45) is 4.99 Å². The topological polar surface area (TPSA) is 36.9 Å². The average Bonchev–Trinajstić information content (AvgIpc) is 2.69. The summed E-state index contributed by atoms with van der Waals surface area (Å²) < 4.78 is 6.36. The summed E-state index contributed by atoms with van der Waals surface area (Å²) >= 11 is 0. The van der Waals surface area contributed by atoms with Gasteiger partial charge in [0.1, 0.15) is 11.9 Å². The molecule has 1 aliphatic heterocycles. The van der Waals surface area contributed by atoms with Crippen LogP contribution >= 0.6 is 0 Å². The summed E-state index contributed by atoms with van der Waals surface area (Å²) in [5.74, 6) is 0.885. The van der Waals surface area contributed by atoms with Crippen molar-refractivity contribution in [2.45, 2.75) is 39.0 Å². The number of fused-ring (bicyclic) bond motifs is 1. The zero-order valence-corrected chi connectivity index (χ0v) is 16.4. The first kappa shape index (κ1) is 19.2. The van der Waals surface area contributed by atoms with Gasteiger partial charge in [0.05, 0.1) is 23.5 Å². The van der Waals surface area contributed by atoms with Gasteiger partial charge in [0.15, 0.2) is 0 Å². The molecule has 1 heterocycles. The molecule has 0 aromatic heterocycles. The lowest BCUT2D eigenvalue weighted by Crippen LogP contribution is -2.51. The zero-order valence-electron chi connectivity index (χ0n) is 16.4. The van der Waals surface area contributed by atoms with Crippen LogP contribution in [0.15, 0.2) is 83.7 Å². The largest absolute Gasteiger partial charge is 0.487 e. The van der Waals surface area contributed by atoms with Gasteiger partial charge in [-0.05, 0) is 51.1 Å². The van der Waals surface area contributed by atoms with Crippen LogP contribution in [0.25, 0.3) is 0 Å². The maximum Gasteiger partial charge on any atom is 0.138 e. The Hall–Kier alpha value is -2.59. The summed E-state index contributed by atoms with van der Waals surface area (Å²) in [7, 11) is 0. The summed E-state index contributed by atoms with van der Waals surface area (Å²) in [4.78, 5) is 6.99. The number of hydrogen-bond acceptors (Lipinski definition) is 4. The van der Waals surface area contributed by atoms with Gasteiger partial charge >= 0.3 is 0 Å². The van der Waals surface area contributed by atoms with Gasteiger partial charge in [0.2, 0.25) is 0 Å². The quantitative estimate of drug-likeness (QED) is 0.763. The van der Waals surface area contributed by atoms with Crippen molar-refractivity contribution in [3.05, 3.63) is 78.7 Å². The third kappa shape index (κ3) is 4.58. The molecule has 4 heteroatoms. The van der Waals surface area contributed by atoms with E-state index >= 15 is 0 Å². The van der Waals surface area contributed by atoms with Gasteiger partial charge in [-0.1, -0.05) is 30.9 Å². The molecule has 0 spiro atoms. The number of aliphatic imine (C=N–C) groups is 1. The number of ether oxygens (including phenoxy) is 1. The van der Waals surface area contributed by atoms with E-state index in [-0.39, 0.29) is 18.2 Å². The van der Waals surface area contributed by atoms with Crippen molar-refractivity contribution in [1.29, 1.82) is 0 Å². The molecule has 2 aliphatic rings. The van der Waals surface area contributed by atoms with Crippen molar-refractivity contribution < 1.29 is 4.74 Å². The Morgan fingerprint density at radius 1 is 1.26 bits per heavy atom. The molecule has 3 atom stereocenters. The third-order valence-electron chi connectivity index (χ3n) is 4.95. The van der Waals surface area contributed by atoms with Gasteiger partial charge in [0.25, 0.3) is 0 Å². The second-order valence-electron chi connectivity index (χ2n) is 6.74. The van der Waals surface area contributed by atoms with E-state index in [1.807, 2.05) is 36.4 Å². The third-order valence-corrected chi connectivity index (χ3v) is 4.95. The van der Waals surface area contributed by atoms with E-state index in [9.17, 15) is 0 Å². The van der Waals surface area contributed by atoms with Gasteiger partial charge in [-0.2, -0.15) is 0 Å². The highest BCUT2D eigenvalue weighted by Gasteiger charge is 2.32. The lowest BCUT2D eigenvalue weighted by Gasteiger charge is -2.39. The highest BCUT2D eigenvalue weighted by Crippen LogP contribution is 2.26. The van der Waals surface area contributed by atoms with E-state index in [2.05, 4.69) is 60.8 Å². The van der Waals surface area contributed by atoms with Crippen LogP contribution < -0.4 is 5.32 Å². The zero-order chi connectivity index (χ0) is 19.2. The molecule has 27 heavy (non-hydrogen) atoms. The van der Waals surface area contributed by atoms with Gasteiger partial charge in [-0.25, -0.2) is 4.99 Å². The molecule has 1 saturated heterocycles. The minimum absolute atomic E-state index is 0.0177. The maximum atomic E-state index is 6.36. The lowest BCUT2D eigenvalue weighted by molar-refractivity contribution is 0.0746. The van der Waals surface area contributed by atoms with Crippen molar-refractivity contribution in [2.75, 3.05) is 13.1 Å². The summed E-state index contributed by atoms with van der Waals surface area (Å²) in [5.41, 5.74) is 2.92. The van der Waals surface area contributed by atoms with E-state index in [1.54, 1.807) is 6.08 Å². The first-order valence-corrected chi connectivity index (χ1v) is 9.70. The molecule has 1 N–H and O–H groups in total. The van der Waals surface area contributed by atoms with Crippen molar-refractivity contribution >= 4 is 11.4 Å². The number of benzene rings is 1. The highest BCUT2D eigenvalue weighted by atomic mass is 16.5. The Kier molecular flexibility index (Phi) is 6.30. The molecule has 1 aliphatic carbocycles. The normalized spacial score (nSPS) is 26.2. The van der Waals surface area contributed by atoms with E-state index in [1.165, 1.54) is 5.70 Å². The average molecular weight is 364 g/mol. The first-order chi connectivity index (χ1) is 13.1. The molecule has 0 radical (unpaired) electrons. The molecule has 142 valence electrons. The Labute approximate surface area is 162 Å². The molecular weight excluding hydrogens is 334 g/mol. The number of allylic oxidation sites excluding steroid dienone is 3. The Morgan fingerprint density at radius 2 is 2.00 bits per heavy atom. The Balaban J connectivity index is 1.82. The first-order valence-electron chi connectivity index (χ1n) is 9.70. The lowest BCUT2D eigenvalue weighted by atomic mass is 9.98. The minimum atomic E-state index is -0.0177. The van der Waals surface area contributed by atoms with Gasteiger partial charge in [0, 0.05) is 24.9 Å². The number of hydrogen-bond donors (Lipinski definition) is 1. The standard InChI is InChI=1S/C23H29N3O/c1-5-18(25-19-11-9-8-10-12-19)15-22-17(4)24-21-14-13-20(16-23(21)27-22)26(6-2)7-3/h5,8-17,21,23-24H,1,6-7H2,2-4H3/b22-15+,25-18+. The van der Waals surface area contributed by atoms with Gasteiger partial charge in [-0.3, -0.25) is 5.32 Å². The van der Waals surface area contributed by atoms with Crippen LogP contribution in [0.2, 0.25) is 0 Å². The molecule has 1 aromatic rings. The molecule has 0 amide bonds. The molecule has 1 aromatic carbocycles. The monoisotopic (exact) mass is 363 g/mol. The highest BCUT2D eigenvalue weighted by molar-refractivity contribution is 6.05. The van der Waals surface area contributed by atoms with Gasteiger partial charge in [-0.15, -0.1) is 0 Å². The number of likely N-dealkylation sites (N-methyl/N-ethyl adjacent to an activating group) is 1. The van der Waals surface area contributed by atoms with Crippen LogP contribution in [0, 0.1) is 0 Å². The summed E-state index contributed by atoms with van der Waals surface area (Å²) in [5, 5.41) is 3.62. The molecule has 4 nitrogen and oxygen atoms in total. The Bertz CT molecular complexity index is 772. The summed E-state index contributed by atoms with van der Waals surface area (Å²) in [6.07, 6.45) is 10.3. The molecular formula is C23H29N3O. The van der Waals surface area contributed by atoms with Crippen LogP contribution in [-0.4, -0.2) is 41.9 Å². The van der Waals surface area contributed by atoms with Crippen LogP contribution in [0.4, 0.5) is 5.69 Å². The maximum absolute atomic E-state index is 6.36. The minimum Gasteiger partial charge on any atom is -0.487 e. The predicted molar refractivity (Wildman–Crippen MR) is 113 cm³/mol.